The van der Waals surface area contributed by atoms with Crippen molar-refractivity contribution in [2.75, 3.05) is 19.6 Å². The molecule has 0 bridgehead atoms. The van der Waals surface area contributed by atoms with Gasteiger partial charge in [-0.25, -0.2) is 4.79 Å². The van der Waals surface area contributed by atoms with Crippen molar-refractivity contribution in [3.05, 3.63) is 0 Å². The van der Waals surface area contributed by atoms with Crippen LogP contribution in [0.15, 0.2) is 0 Å². The SMILES string of the molecule is NCCCCC(NC(=O)C1CCCN1)C(=O)NCC(=O)NC(CC(=O)O)C(=O)O. The van der Waals surface area contributed by atoms with Crippen LogP contribution in [0.25, 0.3) is 0 Å². The number of nitrogens with two attached hydrogens (primary N) is 1. The molecule has 164 valence electrons. The number of hydrogen-bond donors (Lipinski definition) is 7. The van der Waals surface area contributed by atoms with Crippen molar-refractivity contribution >= 4 is 29.7 Å². The van der Waals surface area contributed by atoms with Gasteiger partial charge in [-0.05, 0) is 45.2 Å². The minimum atomic E-state index is -1.61. The zero-order valence-corrected chi connectivity index (χ0v) is 16.1. The van der Waals surface area contributed by atoms with Gasteiger partial charge in [-0.2, -0.15) is 0 Å². The average Bonchev–Trinajstić information content (AvgIpc) is 3.19. The van der Waals surface area contributed by atoms with Gasteiger partial charge in [0.1, 0.15) is 12.1 Å². The van der Waals surface area contributed by atoms with Crippen molar-refractivity contribution in [1.29, 1.82) is 0 Å². The molecule has 3 atom stereocenters. The van der Waals surface area contributed by atoms with E-state index in [1.807, 2.05) is 5.32 Å². The summed E-state index contributed by atoms with van der Waals surface area (Å²) in [5, 5.41) is 27.7. The second-order valence-corrected chi connectivity index (χ2v) is 6.77. The van der Waals surface area contributed by atoms with Gasteiger partial charge in [0.2, 0.25) is 17.7 Å². The van der Waals surface area contributed by atoms with Crippen LogP contribution in [0.2, 0.25) is 0 Å². The molecule has 0 aromatic carbocycles. The Hall–Kier alpha value is -2.73. The molecule has 0 aliphatic carbocycles. The van der Waals surface area contributed by atoms with E-state index in [2.05, 4.69) is 16.0 Å². The predicted molar refractivity (Wildman–Crippen MR) is 101 cm³/mol. The van der Waals surface area contributed by atoms with Crippen LogP contribution < -0.4 is 27.0 Å². The molecule has 1 aliphatic rings. The molecule has 3 unspecified atom stereocenters. The highest BCUT2D eigenvalue weighted by Crippen LogP contribution is 2.07. The standard InChI is InChI=1S/C17H29N5O7/c18-6-2-1-4-11(22-16(27)10-5-3-7-19-10)15(26)20-9-13(23)21-12(17(28)29)8-14(24)25/h10-12,19H,1-9,18H2,(H,20,26)(H,21,23)(H,22,27)(H,24,25)(H,28,29). The largest absolute Gasteiger partial charge is 0.481 e. The summed E-state index contributed by atoms with van der Waals surface area (Å²) in [6.07, 6.45) is 2.34. The molecule has 1 aliphatic heterocycles. The highest BCUT2D eigenvalue weighted by atomic mass is 16.4. The normalized spacial score (nSPS) is 17.8. The van der Waals surface area contributed by atoms with Crippen LogP contribution in [0.3, 0.4) is 0 Å². The van der Waals surface area contributed by atoms with Crippen molar-refractivity contribution in [2.24, 2.45) is 5.73 Å². The Morgan fingerprint density at radius 3 is 2.34 bits per heavy atom. The number of carbonyl (C=O) groups is 5. The van der Waals surface area contributed by atoms with Gasteiger partial charge in [0.25, 0.3) is 0 Å². The van der Waals surface area contributed by atoms with Crippen molar-refractivity contribution in [3.8, 4) is 0 Å². The van der Waals surface area contributed by atoms with Gasteiger partial charge < -0.3 is 37.2 Å². The fourth-order valence-electron chi connectivity index (χ4n) is 2.85. The smallest absolute Gasteiger partial charge is 0.326 e. The maximum atomic E-state index is 12.4. The lowest BCUT2D eigenvalue weighted by Gasteiger charge is -2.21. The summed E-state index contributed by atoms with van der Waals surface area (Å²) in [7, 11) is 0. The van der Waals surface area contributed by atoms with E-state index in [4.69, 9.17) is 15.9 Å². The van der Waals surface area contributed by atoms with E-state index >= 15 is 0 Å². The predicted octanol–water partition coefficient (Wildman–Crippen LogP) is -2.49. The first-order chi connectivity index (χ1) is 13.7. The first-order valence-corrected chi connectivity index (χ1v) is 9.50. The van der Waals surface area contributed by atoms with Gasteiger partial charge in [0, 0.05) is 0 Å². The summed E-state index contributed by atoms with van der Waals surface area (Å²) in [6, 6.07) is -2.83. The summed E-state index contributed by atoms with van der Waals surface area (Å²) in [4.78, 5) is 58.2. The van der Waals surface area contributed by atoms with Gasteiger partial charge in [0.15, 0.2) is 0 Å². The highest BCUT2D eigenvalue weighted by molar-refractivity contribution is 5.93. The number of hydrogen-bond acceptors (Lipinski definition) is 7. The van der Waals surface area contributed by atoms with E-state index in [9.17, 15) is 24.0 Å². The highest BCUT2D eigenvalue weighted by Gasteiger charge is 2.28. The third-order valence-electron chi connectivity index (χ3n) is 4.39. The van der Waals surface area contributed by atoms with E-state index in [0.29, 0.717) is 32.2 Å². The monoisotopic (exact) mass is 415 g/mol. The number of amides is 3. The summed E-state index contributed by atoms with van der Waals surface area (Å²) >= 11 is 0. The second kappa shape index (κ2) is 12.7. The van der Waals surface area contributed by atoms with Gasteiger partial charge in [0.05, 0.1) is 19.0 Å². The maximum Gasteiger partial charge on any atom is 0.326 e. The molecule has 0 radical (unpaired) electrons. The Kier molecular flexibility index (Phi) is 10.6. The zero-order chi connectivity index (χ0) is 21.8. The molecule has 0 saturated carbocycles. The second-order valence-electron chi connectivity index (χ2n) is 6.77. The Morgan fingerprint density at radius 1 is 1.07 bits per heavy atom. The van der Waals surface area contributed by atoms with E-state index in [-0.39, 0.29) is 11.9 Å². The van der Waals surface area contributed by atoms with Crippen molar-refractivity contribution in [3.63, 3.8) is 0 Å². The molecular formula is C17H29N5O7. The number of carboxylic acids is 2. The van der Waals surface area contributed by atoms with Crippen molar-refractivity contribution in [2.45, 2.75) is 56.7 Å². The molecule has 29 heavy (non-hydrogen) atoms. The molecule has 0 aromatic rings. The topological polar surface area (TPSA) is 200 Å². The molecule has 0 aromatic heterocycles. The number of nitrogens with one attached hydrogen (secondary N) is 4. The Labute approximate surface area is 168 Å². The van der Waals surface area contributed by atoms with Crippen LogP contribution in [-0.4, -0.2) is 77.6 Å². The lowest BCUT2D eigenvalue weighted by molar-refractivity contribution is -0.147. The first-order valence-electron chi connectivity index (χ1n) is 9.50. The van der Waals surface area contributed by atoms with Gasteiger partial charge in [-0.3, -0.25) is 19.2 Å². The fourth-order valence-corrected chi connectivity index (χ4v) is 2.85. The molecule has 12 nitrogen and oxygen atoms in total. The van der Waals surface area contributed by atoms with Gasteiger partial charge in [-0.1, -0.05) is 0 Å². The molecule has 0 spiro atoms. The molecule has 1 rings (SSSR count). The third-order valence-corrected chi connectivity index (χ3v) is 4.39. The Morgan fingerprint density at radius 2 is 1.79 bits per heavy atom. The third kappa shape index (κ3) is 9.34. The molecule has 3 amide bonds. The first kappa shape index (κ1) is 24.3. The summed E-state index contributed by atoms with van der Waals surface area (Å²) < 4.78 is 0. The van der Waals surface area contributed by atoms with Crippen molar-refractivity contribution < 1.29 is 34.2 Å². The summed E-state index contributed by atoms with van der Waals surface area (Å²) in [5.41, 5.74) is 5.45. The quantitative estimate of drug-likeness (QED) is 0.159. The molecule has 1 saturated heterocycles. The molecule has 12 heteroatoms. The molecule has 1 fully saturated rings. The summed E-state index contributed by atoms with van der Waals surface area (Å²) in [5.74, 6) is -4.62. The maximum absolute atomic E-state index is 12.4. The van der Waals surface area contributed by atoms with Crippen LogP contribution >= 0.6 is 0 Å². The Balaban J connectivity index is 2.58. The molecule has 1 heterocycles. The van der Waals surface area contributed by atoms with Gasteiger partial charge in [-0.15, -0.1) is 0 Å². The number of unbranched alkanes of at least 4 members (excludes halogenated alkanes) is 1. The zero-order valence-electron chi connectivity index (χ0n) is 16.1. The lowest BCUT2D eigenvalue weighted by Crippen LogP contribution is -2.53. The fraction of sp³-hybridized carbons (Fsp3) is 0.706. The van der Waals surface area contributed by atoms with E-state index < -0.39 is 48.8 Å². The minimum Gasteiger partial charge on any atom is -0.481 e. The van der Waals surface area contributed by atoms with E-state index in [1.165, 1.54) is 0 Å². The van der Waals surface area contributed by atoms with E-state index in [1.54, 1.807) is 0 Å². The number of carboxylic acid groups (broad SMARTS) is 2. The minimum absolute atomic E-state index is 0.299. The average molecular weight is 415 g/mol. The van der Waals surface area contributed by atoms with Crippen LogP contribution in [0.1, 0.15) is 38.5 Å². The van der Waals surface area contributed by atoms with Crippen LogP contribution in [-0.2, 0) is 24.0 Å². The van der Waals surface area contributed by atoms with E-state index in [0.717, 1.165) is 13.0 Å². The summed E-state index contributed by atoms with van der Waals surface area (Å²) in [6.45, 7) is 0.617. The van der Waals surface area contributed by atoms with Crippen molar-refractivity contribution in [1.82, 2.24) is 21.3 Å². The van der Waals surface area contributed by atoms with Crippen LogP contribution in [0, 0.1) is 0 Å². The van der Waals surface area contributed by atoms with Crippen LogP contribution in [0.4, 0.5) is 0 Å². The number of rotatable bonds is 13. The Bertz CT molecular complexity index is 607. The number of aliphatic carboxylic acids is 2. The number of carbonyl (C=O) groups excluding carboxylic acids is 3. The molecular weight excluding hydrogens is 386 g/mol. The lowest BCUT2D eigenvalue weighted by atomic mass is 10.1. The molecule has 8 N–H and O–H groups in total. The van der Waals surface area contributed by atoms with Crippen LogP contribution in [0.5, 0.6) is 0 Å². The van der Waals surface area contributed by atoms with Gasteiger partial charge >= 0.3 is 11.9 Å².